The topological polar surface area (TPSA) is 148 Å². The Kier molecular flexibility index (Phi) is 10.0. The highest BCUT2D eigenvalue weighted by Gasteiger charge is 2.21. The van der Waals surface area contributed by atoms with E-state index < -0.39 is 5.91 Å². The number of hydrogen-bond donors (Lipinski definition) is 5. The summed E-state index contributed by atoms with van der Waals surface area (Å²) in [5, 5.41) is 6.94. The van der Waals surface area contributed by atoms with Crippen LogP contribution in [0.15, 0.2) is 66.8 Å². The second-order valence-corrected chi connectivity index (χ2v) is 10.8. The number of nitrogens with zero attached hydrogens (tertiary/aromatic N) is 2. The van der Waals surface area contributed by atoms with Crippen LogP contribution in [0, 0.1) is 6.92 Å². The molecule has 0 unspecified atom stereocenters. The van der Waals surface area contributed by atoms with Gasteiger partial charge in [-0.1, -0.05) is 44.9 Å². The first-order chi connectivity index (χ1) is 18.9. The van der Waals surface area contributed by atoms with Crippen molar-refractivity contribution in [1.82, 2.24) is 10.3 Å². The minimum absolute atomic E-state index is 0.0850. The summed E-state index contributed by atoms with van der Waals surface area (Å²) < 4.78 is 8.88. The lowest BCUT2D eigenvalue weighted by atomic mass is 9.86. The molecule has 2 aromatic carbocycles. The molecular weight excluding hydrogens is 526 g/mol. The highest BCUT2D eigenvalue weighted by Crippen LogP contribution is 2.39. The van der Waals surface area contributed by atoms with E-state index in [2.05, 4.69) is 41.1 Å². The average molecular weight is 564 g/mol. The monoisotopic (exact) mass is 563 g/mol. The van der Waals surface area contributed by atoms with Crippen molar-refractivity contribution in [3.8, 4) is 5.75 Å². The zero-order chi connectivity index (χ0) is 29.4. The van der Waals surface area contributed by atoms with Crippen LogP contribution in [0.25, 0.3) is 0 Å². The standard InChI is InChI=1S/C29H37N7O3S/c1-18-9-10-20(12-25(18)36(31)17-22(30)28(38)33-16-19-8-7-11-32-15-19)27(37)34-23-13-21(29(2,3)4)14-24(35-40-6)26(23)39-5/h7-15,17,35H,16,30-31H2,1-6H3,(H,33,38)(H,34,37)/b22-17-. The Hall–Kier alpha value is -4.22. The van der Waals surface area contributed by atoms with Crippen LogP contribution >= 0.6 is 11.9 Å². The molecule has 40 heavy (non-hydrogen) atoms. The van der Waals surface area contributed by atoms with Gasteiger partial charge in [0.15, 0.2) is 5.75 Å². The summed E-state index contributed by atoms with van der Waals surface area (Å²) in [5.41, 5.74) is 10.6. The Morgan fingerprint density at radius 3 is 2.50 bits per heavy atom. The molecule has 0 spiro atoms. The van der Waals surface area contributed by atoms with Crippen LogP contribution in [-0.2, 0) is 16.8 Å². The van der Waals surface area contributed by atoms with Gasteiger partial charge in [0, 0.05) is 37.0 Å². The first kappa shape index (κ1) is 30.3. The number of methoxy groups -OCH3 is 1. The number of nitrogens with two attached hydrogens (primary N) is 2. The van der Waals surface area contributed by atoms with E-state index in [-0.39, 0.29) is 23.6 Å². The normalized spacial score (nSPS) is 11.5. The minimum atomic E-state index is -0.480. The number of hydrazine groups is 1. The van der Waals surface area contributed by atoms with Crippen LogP contribution in [0.3, 0.4) is 0 Å². The molecule has 0 aliphatic rings. The number of pyridine rings is 1. The van der Waals surface area contributed by atoms with Crippen LogP contribution < -0.4 is 36.7 Å². The fourth-order valence-electron chi connectivity index (χ4n) is 3.85. The fourth-order valence-corrected chi connectivity index (χ4v) is 4.22. The van der Waals surface area contributed by atoms with Crippen molar-refractivity contribution in [2.45, 2.75) is 39.7 Å². The SMILES string of the molecule is COc1c(NSC)cc(C(C)(C)C)cc1NC(=O)c1ccc(C)c(N(N)/C=C(\N)C(=O)NCc2cccnc2)c1. The second-order valence-electron chi connectivity index (χ2n) is 10.2. The zero-order valence-corrected chi connectivity index (χ0v) is 24.5. The van der Waals surface area contributed by atoms with Crippen LogP contribution in [0.2, 0.25) is 0 Å². The van der Waals surface area contributed by atoms with Gasteiger partial charge in [-0.2, -0.15) is 0 Å². The maximum Gasteiger partial charge on any atom is 0.269 e. The van der Waals surface area contributed by atoms with E-state index in [1.165, 1.54) is 23.2 Å². The Balaban J connectivity index is 1.83. The molecule has 0 saturated heterocycles. The van der Waals surface area contributed by atoms with Gasteiger partial charge in [-0.15, -0.1) is 0 Å². The van der Waals surface area contributed by atoms with E-state index in [9.17, 15) is 9.59 Å². The van der Waals surface area contributed by atoms with Crippen LogP contribution in [0.5, 0.6) is 5.75 Å². The van der Waals surface area contributed by atoms with Gasteiger partial charge in [-0.05, 0) is 59.4 Å². The lowest BCUT2D eigenvalue weighted by Gasteiger charge is -2.24. The number of aromatic nitrogens is 1. The molecule has 10 nitrogen and oxygen atoms in total. The Morgan fingerprint density at radius 2 is 1.88 bits per heavy atom. The molecule has 212 valence electrons. The second kappa shape index (κ2) is 13.2. The first-order valence-electron chi connectivity index (χ1n) is 12.6. The quantitative estimate of drug-likeness (QED) is 0.105. The number of anilines is 3. The number of carbonyl (C=O) groups excluding carboxylic acids is 2. The van der Waals surface area contributed by atoms with Crippen molar-refractivity contribution < 1.29 is 14.3 Å². The number of amides is 2. The number of ether oxygens (including phenoxy) is 1. The maximum atomic E-state index is 13.4. The number of rotatable bonds is 10. The van der Waals surface area contributed by atoms with Crippen molar-refractivity contribution in [3.05, 3.63) is 89.0 Å². The molecule has 2 amide bonds. The van der Waals surface area contributed by atoms with Crippen molar-refractivity contribution in [1.29, 1.82) is 0 Å². The van der Waals surface area contributed by atoms with Gasteiger partial charge >= 0.3 is 0 Å². The maximum absolute atomic E-state index is 13.4. The summed E-state index contributed by atoms with van der Waals surface area (Å²) in [6, 6.07) is 12.7. The van der Waals surface area contributed by atoms with Gasteiger partial charge in [0.2, 0.25) is 0 Å². The number of benzene rings is 2. The summed E-state index contributed by atoms with van der Waals surface area (Å²) in [6.07, 6.45) is 6.55. The number of carbonyl (C=O) groups is 2. The average Bonchev–Trinajstić information content (AvgIpc) is 2.91. The third-order valence-electron chi connectivity index (χ3n) is 6.09. The fraction of sp³-hybridized carbons (Fsp3) is 0.276. The third kappa shape index (κ3) is 7.67. The third-order valence-corrected chi connectivity index (χ3v) is 6.51. The summed E-state index contributed by atoms with van der Waals surface area (Å²) in [4.78, 5) is 29.9. The summed E-state index contributed by atoms with van der Waals surface area (Å²) in [5.74, 6) is 5.95. The van der Waals surface area contributed by atoms with E-state index in [1.807, 2.05) is 31.4 Å². The Labute approximate surface area is 239 Å². The summed E-state index contributed by atoms with van der Waals surface area (Å²) in [6.45, 7) is 8.42. The van der Waals surface area contributed by atoms with E-state index in [0.29, 0.717) is 22.7 Å². The van der Waals surface area contributed by atoms with Gasteiger partial charge in [-0.3, -0.25) is 19.6 Å². The van der Waals surface area contributed by atoms with Crippen molar-refractivity contribution in [2.75, 3.05) is 28.4 Å². The molecule has 0 fully saturated rings. The molecule has 0 atom stereocenters. The lowest BCUT2D eigenvalue weighted by molar-refractivity contribution is -0.117. The van der Waals surface area contributed by atoms with E-state index in [0.717, 1.165) is 22.4 Å². The van der Waals surface area contributed by atoms with E-state index in [4.69, 9.17) is 16.3 Å². The minimum Gasteiger partial charge on any atom is -0.492 e. The van der Waals surface area contributed by atoms with Crippen LogP contribution in [0.4, 0.5) is 17.1 Å². The van der Waals surface area contributed by atoms with Gasteiger partial charge in [0.1, 0.15) is 5.70 Å². The highest BCUT2D eigenvalue weighted by atomic mass is 32.2. The molecule has 11 heteroatoms. The molecule has 0 aliphatic heterocycles. The van der Waals surface area contributed by atoms with Gasteiger partial charge in [-0.25, -0.2) is 5.84 Å². The molecular formula is C29H37N7O3S. The summed E-state index contributed by atoms with van der Waals surface area (Å²) in [7, 11) is 1.56. The van der Waals surface area contributed by atoms with E-state index >= 15 is 0 Å². The molecule has 3 rings (SSSR count). The first-order valence-corrected chi connectivity index (χ1v) is 13.8. The predicted molar refractivity (Wildman–Crippen MR) is 163 cm³/mol. The zero-order valence-electron chi connectivity index (χ0n) is 23.7. The van der Waals surface area contributed by atoms with E-state index in [1.54, 1.807) is 43.8 Å². The molecule has 1 heterocycles. The van der Waals surface area contributed by atoms with Crippen LogP contribution in [-0.4, -0.2) is 30.2 Å². The molecule has 3 aromatic rings. The predicted octanol–water partition coefficient (Wildman–Crippen LogP) is 4.43. The number of hydrogen-bond acceptors (Lipinski definition) is 9. The van der Waals surface area contributed by atoms with Gasteiger partial charge in [0.25, 0.3) is 11.8 Å². The Bertz CT molecular complexity index is 1390. The number of nitrogens with one attached hydrogen (secondary N) is 3. The number of aryl methyl sites for hydroxylation is 1. The largest absolute Gasteiger partial charge is 0.492 e. The molecule has 0 saturated carbocycles. The molecule has 1 aromatic heterocycles. The van der Waals surface area contributed by atoms with Gasteiger partial charge in [0.05, 0.1) is 24.2 Å². The molecule has 0 bridgehead atoms. The smallest absolute Gasteiger partial charge is 0.269 e. The lowest BCUT2D eigenvalue weighted by Crippen LogP contribution is -2.33. The Morgan fingerprint density at radius 1 is 1.15 bits per heavy atom. The van der Waals surface area contributed by atoms with Crippen LogP contribution in [0.1, 0.15) is 47.8 Å². The van der Waals surface area contributed by atoms with Crippen molar-refractivity contribution in [3.63, 3.8) is 0 Å². The molecule has 0 radical (unpaired) electrons. The molecule has 7 N–H and O–H groups in total. The highest BCUT2D eigenvalue weighted by molar-refractivity contribution is 7.99. The summed E-state index contributed by atoms with van der Waals surface area (Å²) >= 11 is 1.43. The van der Waals surface area contributed by atoms with Gasteiger partial charge < -0.3 is 25.8 Å². The van der Waals surface area contributed by atoms with Crippen molar-refractivity contribution >= 4 is 40.8 Å². The van der Waals surface area contributed by atoms with Crippen molar-refractivity contribution in [2.24, 2.45) is 11.6 Å². The molecule has 0 aliphatic carbocycles.